The summed E-state index contributed by atoms with van der Waals surface area (Å²) in [5, 5.41) is 5.85. The Morgan fingerprint density at radius 1 is 1.06 bits per heavy atom. The fourth-order valence-corrected chi connectivity index (χ4v) is 3.98. The number of amides is 1. The molecule has 0 unspecified atom stereocenters. The Labute approximate surface area is 191 Å². The van der Waals surface area contributed by atoms with Crippen molar-refractivity contribution in [2.75, 3.05) is 6.61 Å². The molecule has 2 aromatic carbocycles. The highest BCUT2D eigenvalue weighted by atomic mass is 32.1. The molecule has 0 radical (unpaired) electrons. The van der Waals surface area contributed by atoms with Crippen LogP contribution >= 0.6 is 11.3 Å². The maximum absolute atomic E-state index is 13.1. The Bertz CT molecular complexity index is 1190. The molecule has 0 saturated carbocycles. The van der Waals surface area contributed by atoms with E-state index in [1.165, 1.54) is 11.3 Å². The predicted molar refractivity (Wildman–Crippen MR) is 129 cm³/mol. The Hall–Kier alpha value is -3.77. The Balaban J connectivity index is 1.51. The molecule has 1 N–H and O–H groups in total. The number of benzene rings is 2. The molecule has 32 heavy (non-hydrogen) atoms. The number of hydrogen-bond acceptors (Lipinski definition) is 5. The molecule has 0 aliphatic heterocycles. The second-order valence-electron chi connectivity index (χ2n) is 6.99. The van der Waals surface area contributed by atoms with E-state index in [0.29, 0.717) is 18.7 Å². The van der Waals surface area contributed by atoms with Gasteiger partial charge in [-0.3, -0.25) is 9.78 Å². The van der Waals surface area contributed by atoms with Crippen molar-refractivity contribution < 1.29 is 9.53 Å². The first kappa shape index (κ1) is 21.5. The molecule has 0 atom stereocenters. The first-order valence-electron chi connectivity index (χ1n) is 10.4. The minimum atomic E-state index is -0.152. The molecule has 160 valence electrons. The summed E-state index contributed by atoms with van der Waals surface area (Å²) in [6.07, 6.45) is 5.41. The van der Waals surface area contributed by atoms with Crippen LogP contribution in [0.15, 0.2) is 84.5 Å². The van der Waals surface area contributed by atoms with Crippen LogP contribution in [0.5, 0.6) is 5.75 Å². The fraction of sp³-hybridized carbons (Fsp3) is 0.115. The lowest BCUT2D eigenvalue weighted by Gasteiger charge is -2.09. The quantitative estimate of drug-likeness (QED) is 0.291. The number of thiazole rings is 1. The molecule has 2 aromatic heterocycles. The molecule has 0 saturated heterocycles. The summed E-state index contributed by atoms with van der Waals surface area (Å²) in [5.41, 5.74) is 4.16. The summed E-state index contributed by atoms with van der Waals surface area (Å²) in [7, 11) is 0. The summed E-state index contributed by atoms with van der Waals surface area (Å²) >= 11 is 1.54. The van der Waals surface area contributed by atoms with Crippen LogP contribution in [0.4, 0.5) is 0 Å². The van der Waals surface area contributed by atoms with E-state index < -0.39 is 0 Å². The van der Waals surface area contributed by atoms with Crippen LogP contribution in [-0.4, -0.2) is 22.5 Å². The first-order valence-corrected chi connectivity index (χ1v) is 11.2. The molecule has 6 heteroatoms. The normalized spacial score (nSPS) is 11.2. The van der Waals surface area contributed by atoms with Crippen molar-refractivity contribution in [3.63, 3.8) is 0 Å². The average Bonchev–Trinajstić information content (AvgIpc) is 3.32. The average molecular weight is 442 g/mol. The molecule has 0 aliphatic rings. The zero-order valence-electron chi connectivity index (χ0n) is 17.7. The predicted octanol–water partition coefficient (Wildman–Crippen LogP) is 5.46. The van der Waals surface area contributed by atoms with Gasteiger partial charge < -0.3 is 10.1 Å². The maximum Gasteiger partial charge on any atom is 0.252 e. The SMILES string of the molecule is CCOc1ccc(/C=C(/C(=O)NCc2csc(-c3cccnc3)n2)c2ccccc2)cc1. The van der Waals surface area contributed by atoms with E-state index in [9.17, 15) is 4.79 Å². The van der Waals surface area contributed by atoms with Crippen LogP contribution in [-0.2, 0) is 11.3 Å². The van der Waals surface area contributed by atoms with Crippen molar-refractivity contribution in [1.82, 2.24) is 15.3 Å². The fourth-order valence-electron chi connectivity index (χ4n) is 3.17. The van der Waals surface area contributed by atoms with Gasteiger partial charge in [0.05, 0.1) is 18.8 Å². The summed E-state index contributed by atoms with van der Waals surface area (Å²) in [6.45, 7) is 2.92. The maximum atomic E-state index is 13.1. The lowest BCUT2D eigenvalue weighted by atomic mass is 10.0. The number of carbonyl (C=O) groups excluding carboxylic acids is 1. The van der Waals surface area contributed by atoms with Gasteiger partial charge in [0.25, 0.3) is 5.91 Å². The zero-order chi connectivity index (χ0) is 22.2. The van der Waals surface area contributed by atoms with E-state index in [0.717, 1.165) is 33.1 Å². The first-order chi connectivity index (χ1) is 15.7. The standard InChI is InChI=1S/C26H23N3O2S/c1-2-31-23-12-10-19(11-13-23)15-24(20-7-4-3-5-8-20)25(30)28-17-22-18-32-26(29-22)21-9-6-14-27-16-21/h3-16,18H,2,17H2,1H3,(H,28,30)/b24-15+. The highest BCUT2D eigenvalue weighted by Gasteiger charge is 2.13. The van der Waals surface area contributed by atoms with Crippen molar-refractivity contribution in [2.24, 2.45) is 0 Å². The summed E-state index contributed by atoms with van der Waals surface area (Å²) in [4.78, 5) is 21.9. The van der Waals surface area contributed by atoms with Crippen molar-refractivity contribution >= 4 is 28.9 Å². The second kappa shape index (κ2) is 10.5. The number of ether oxygens (including phenoxy) is 1. The topological polar surface area (TPSA) is 64.1 Å². The van der Waals surface area contributed by atoms with Crippen molar-refractivity contribution in [3.8, 4) is 16.3 Å². The minimum Gasteiger partial charge on any atom is -0.494 e. The number of rotatable bonds is 8. The van der Waals surface area contributed by atoms with Crippen LogP contribution in [0.3, 0.4) is 0 Å². The largest absolute Gasteiger partial charge is 0.494 e. The third-order valence-electron chi connectivity index (χ3n) is 4.72. The number of carbonyl (C=O) groups is 1. The Kier molecular flexibility index (Phi) is 7.05. The number of nitrogens with zero attached hydrogens (tertiary/aromatic N) is 2. The van der Waals surface area contributed by atoms with Crippen molar-refractivity contribution in [2.45, 2.75) is 13.5 Å². The molecular weight excluding hydrogens is 418 g/mol. The molecule has 0 aliphatic carbocycles. The third-order valence-corrected chi connectivity index (χ3v) is 5.66. The number of pyridine rings is 1. The molecule has 0 bridgehead atoms. The summed E-state index contributed by atoms with van der Waals surface area (Å²) in [5.74, 6) is 0.657. The van der Waals surface area contributed by atoms with Gasteiger partial charge in [-0.15, -0.1) is 11.3 Å². The van der Waals surface area contributed by atoms with Gasteiger partial charge in [0, 0.05) is 28.9 Å². The van der Waals surface area contributed by atoms with Crippen LogP contribution in [0.25, 0.3) is 22.2 Å². The third kappa shape index (κ3) is 5.47. The number of hydrogen-bond donors (Lipinski definition) is 1. The molecule has 0 fully saturated rings. The zero-order valence-corrected chi connectivity index (χ0v) is 18.5. The highest BCUT2D eigenvalue weighted by Crippen LogP contribution is 2.23. The van der Waals surface area contributed by atoms with Crippen molar-refractivity contribution in [1.29, 1.82) is 0 Å². The molecule has 4 rings (SSSR count). The lowest BCUT2D eigenvalue weighted by Crippen LogP contribution is -2.24. The van der Waals surface area contributed by atoms with Gasteiger partial charge in [-0.25, -0.2) is 4.98 Å². The van der Waals surface area contributed by atoms with E-state index in [4.69, 9.17) is 4.74 Å². The molecule has 0 spiro atoms. The Morgan fingerprint density at radius 2 is 1.88 bits per heavy atom. The smallest absolute Gasteiger partial charge is 0.252 e. The summed E-state index contributed by atoms with van der Waals surface area (Å²) in [6, 6.07) is 21.2. The minimum absolute atomic E-state index is 0.152. The van der Waals surface area contributed by atoms with E-state index >= 15 is 0 Å². The van der Waals surface area contributed by atoms with Crippen LogP contribution in [0, 0.1) is 0 Å². The van der Waals surface area contributed by atoms with Gasteiger partial charge in [0.15, 0.2) is 0 Å². The Morgan fingerprint density at radius 3 is 2.59 bits per heavy atom. The monoisotopic (exact) mass is 441 g/mol. The van der Waals surface area contributed by atoms with Gasteiger partial charge in [-0.1, -0.05) is 42.5 Å². The van der Waals surface area contributed by atoms with E-state index in [-0.39, 0.29) is 5.91 Å². The van der Waals surface area contributed by atoms with Crippen LogP contribution in [0.1, 0.15) is 23.7 Å². The summed E-state index contributed by atoms with van der Waals surface area (Å²) < 4.78 is 5.51. The number of nitrogens with one attached hydrogen (secondary N) is 1. The molecular formula is C26H23N3O2S. The van der Waals surface area contributed by atoms with Crippen LogP contribution in [0.2, 0.25) is 0 Å². The van der Waals surface area contributed by atoms with E-state index in [1.54, 1.807) is 12.4 Å². The highest BCUT2D eigenvalue weighted by molar-refractivity contribution is 7.13. The van der Waals surface area contributed by atoms with Gasteiger partial charge in [-0.05, 0) is 48.4 Å². The van der Waals surface area contributed by atoms with E-state index in [2.05, 4.69) is 15.3 Å². The second-order valence-corrected chi connectivity index (χ2v) is 7.85. The molecule has 1 amide bonds. The van der Waals surface area contributed by atoms with Gasteiger partial charge in [0.1, 0.15) is 10.8 Å². The van der Waals surface area contributed by atoms with Gasteiger partial charge >= 0.3 is 0 Å². The number of aromatic nitrogens is 2. The van der Waals surface area contributed by atoms with Gasteiger partial charge in [-0.2, -0.15) is 0 Å². The molecule has 2 heterocycles. The van der Waals surface area contributed by atoms with E-state index in [1.807, 2.05) is 85.1 Å². The molecule has 4 aromatic rings. The van der Waals surface area contributed by atoms with Crippen molar-refractivity contribution in [3.05, 3.63) is 101 Å². The van der Waals surface area contributed by atoms with Gasteiger partial charge in [0.2, 0.25) is 0 Å². The lowest BCUT2D eigenvalue weighted by molar-refractivity contribution is -0.115. The van der Waals surface area contributed by atoms with Crippen LogP contribution < -0.4 is 10.1 Å². The molecule has 5 nitrogen and oxygen atoms in total.